The van der Waals surface area contributed by atoms with E-state index in [0.29, 0.717) is 0 Å². The number of nitrogens with one attached hydrogen (secondary N) is 1. The van der Waals surface area contributed by atoms with Crippen molar-refractivity contribution in [3.8, 4) is 5.75 Å². The highest BCUT2D eigenvalue weighted by atomic mass is 79.9. The third kappa shape index (κ3) is 6.11. The normalized spacial score (nSPS) is 10.8. The fourth-order valence-corrected chi connectivity index (χ4v) is 3.81. The van der Waals surface area contributed by atoms with E-state index in [1.165, 1.54) is 11.1 Å². The van der Waals surface area contributed by atoms with Gasteiger partial charge in [-0.3, -0.25) is 0 Å². The highest BCUT2D eigenvalue weighted by Gasteiger charge is 2.08. The van der Waals surface area contributed by atoms with Crippen molar-refractivity contribution >= 4 is 43.5 Å². The summed E-state index contributed by atoms with van der Waals surface area (Å²) in [6.45, 7) is 4.56. The fraction of sp³-hybridized carbons (Fsp3) is 0.333. The van der Waals surface area contributed by atoms with Crippen LogP contribution >= 0.6 is 43.5 Å². The molecule has 0 bridgehead atoms. The lowest BCUT2D eigenvalue weighted by Crippen LogP contribution is -2.16. The van der Waals surface area contributed by atoms with E-state index in [9.17, 15) is 0 Å². The molecule has 0 saturated carbocycles. The van der Waals surface area contributed by atoms with Gasteiger partial charge in [0.1, 0.15) is 5.75 Å². The van der Waals surface area contributed by atoms with Gasteiger partial charge in [0.15, 0.2) is 0 Å². The molecule has 0 radical (unpaired) electrons. The van der Waals surface area contributed by atoms with Crippen LogP contribution in [0.4, 0.5) is 0 Å². The Morgan fingerprint density at radius 1 is 1.04 bits per heavy atom. The summed E-state index contributed by atoms with van der Waals surface area (Å²) >= 11 is 13.1. The quantitative estimate of drug-likeness (QED) is 0.488. The standard InChI is InChI=1S/C18H20Br2ClNO/c1-2-9-23-18-16(19)10-14(11-17(18)20)12-22-8-7-13-3-5-15(21)6-4-13/h3-6,10-11,22H,2,7-9,12H2,1H3. The Kier molecular flexibility index (Phi) is 7.90. The summed E-state index contributed by atoms with van der Waals surface area (Å²) in [6, 6.07) is 12.2. The van der Waals surface area contributed by atoms with Gasteiger partial charge in [-0.1, -0.05) is 30.7 Å². The topological polar surface area (TPSA) is 21.3 Å². The molecule has 0 heterocycles. The molecule has 0 aliphatic carbocycles. The lowest BCUT2D eigenvalue weighted by Gasteiger charge is -2.12. The largest absolute Gasteiger partial charge is 0.491 e. The average molecular weight is 462 g/mol. The molecule has 23 heavy (non-hydrogen) atoms. The zero-order chi connectivity index (χ0) is 16.7. The van der Waals surface area contributed by atoms with Crippen LogP contribution in [-0.2, 0) is 13.0 Å². The molecule has 0 unspecified atom stereocenters. The van der Waals surface area contributed by atoms with Gasteiger partial charge in [0.05, 0.1) is 15.6 Å². The maximum absolute atomic E-state index is 5.89. The third-order valence-corrected chi connectivity index (χ3v) is 4.77. The third-order valence-electron chi connectivity index (χ3n) is 3.34. The molecule has 0 aliphatic heterocycles. The van der Waals surface area contributed by atoms with E-state index < -0.39 is 0 Å². The van der Waals surface area contributed by atoms with Gasteiger partial charge in [-0.25, -0.2) is 0 Å². The molecule has 0 atom stereocenters. The van der Waals surface area contributed by atoms with Crippen LogP contribution in [0.2, 0.25) is 5.02 Å². The van der Waals surface area contributed by atoms with Crippen LogP contribution in [0.3, 0.4) is 0 Å². The molecule has 2 aromatic rings. The van der Waals surface area contributed by atoms with Crippen molar-refractivity contribution in [2.75, 3.05) is 13.2 Å². The second-order valence-electron chi connectivity index (χ2n) is 5.29. The zero-order valence-electron chi connectivity index (χ0n) is 13.0. The molecule has 2 rings (SSSR count). The predicted octanol–water partition coefficient (Wildman–Crippen LogP) is 5.99. The van der Waals surface area contributed by atoms with Crippen LogP contribution < -0.4 is 10.1 Å². The Labute approximate surface area is 159 Å². The summed E-state index contributed by atoms with van der Waals surface area (Å²) in [5.41, 5.74) is 2.50. The summed E-state index contributed by atoms with van der Waals surface area (Å²) in [4.78, 5) is 0. The molecular weight excluding hydrogens is 441 g/mol. The number of benzene rings is 2. The Balaban J connectivity index is 1.84. The van der Waals surface area contributed by atoms with Crippen LogP contribution in [0.25, 0.3) is 0 Å². The van der Waals surface area contributed by atoms with Gasteiger partial charge in [0, 0.05) is 11.6 Å². The van der Waals surface area contributed by atoms with E-state index in [2.05, 4.69) is 68.4 Å². The zero-order valence-corrected chi connectivity index (χ0v) is 17.0. The second kappa shape index (κ2) is 9.67. The summed E-state index contributed by atoms with van der Waals surface area (Å²) in [5, 5.41) is 4.25. The van der Waals surface area contributed by atoms with E-state index in [4.69, 9.17) is 16.3 Å². The van der Waals surface area contributed by atoms with Gasteiger partial charge in [-0.2, -0.15) is 0 Å². The predicted molar refractivity (Wildman–Crippen MR) is 104 cm³/mol. The van der Waals surface area contributed by atoms with Crippen LogP contribution in [0.1, 0.15) is 24.5 Å². The molecule has 1 N–H and O–H groups in total. The van der Waals surface area contributed by atoms with Crippen molar-refractivity contribution in [1.29, 1.82) is 0 Å². The molecule has 5 heteroatoms. The van der Waals surface area contributed by atoms with E-state index in [-0.39, 0.29) is 0 Å². The molecule has 0 fully saturated rings. The SMILES string of the molecule is CCCOc1c(Br)cc(CNCCc2ccc(Cl)cc2)cc1Br. The van der Waals surface area contributed by atoms with Crippen LogP contribution in [0, 0.1) is 0 Å². The number of ether oxygens (including phenoxy) is 1. The van der Waals surface area contributed by atoms with Crippen molar-refractivity contribution in [2.45, 2.75) is 26.3 Å². The maximum Gasteiger partial charge on any atom is 0.147 e. The molecule has 0 aliphatic rings. The number of halogens is 3. The molecule has 0 amide bonds. The Morgan fingerprint density at radius 2 is 1.70 bits per heavy atom. The Bertz CT molecular complexity index is 608. The Hall–Kier alpha value is -0.550. The maximum atomic E-state index is 5.89. The lowest BCUT2D eigenvalue weighted by atomic mass is 10.1. The van der Waals surface area contributed by atoms with E-state index in [1.54, 1.807) is 0 Å². The minimum atomic E-state index is 0.718. The minimum Gasteiger partial charge on any atom is -0.491 e. The van der Waals surface area contributed by atoms with Crippen molar-refractivity contribution < 1.29 is 4.74 Å². The number of hydrogen-bond donors (Lipinski definition) is 1. The number of rotatable bonds is 8. The van der Waals surface area contributed by atoms with E-state index in [0.717, 1.165) is 52.3 Å². The van der Waals surface area contributed by atoms with Gasteiger partial charge >= 0.3 is 0 Å². The van der Waals surface area contributed by atoms with Gasteiger partial charge in [0.25, 0.3) is 0 Å². The summed E-state index contributed by atoms with van der Waals surface area (Å²) in [7, 11) is 0. The summed E-state index contributed by atoms with van der Waals surface area (Å²) in [6.07, 6.45) is 1.98. The lowest BCUT2D eigenvalue weighted by molar-refractivity contribution is 0.313. The first-order valence-electron chi connectivity index (χ1n) is 7.66. The second-order valence-corrected chi connectivity index (χ2v) is 7.44. The van der Waals surface area contributed by atoms with Crippen molar-refractivity contribution in [1.82, 2.24) is 5.32 Å². The molecule has 0 saturated heterocycles. The minimum absolute atomic E-state index is 0.718. The molecule has 124 valence electrons. The molecule has 2 nitrogen and oxygen atoms in total. The Morgan fingerprint density at radius 3 is 2.30 bits per heavy atom. The fourth-order valence-electron chi connectivity index (χ4n) is 2.17. The molecule has 2 aromatic carbocycles. The first kappa shape index (κ1) is 18.8. The summed E-state index contributed by atoms with van der Waals surface area (Å²) in [5.74, 6) is 0.872. The van der Waals surface area contributed by atoms with Crippen molar-refractivity contribution in [3.05, 3.63) is 61.5 Å². The van der Waals surface area contributed by atoms with Gasteiger partial charge in [-0.15, -0.1) is 0 Å². The van der Waals surface area contributed by atoms with E-state index in [1.807, 2.05) is 12.1 Å². The number of hydrogen-bond acceptors (Lipinski definition) is 2. The molecular formula is C18H20Br2ClNO. The van der Waals surface area contributed by atoms with Gasteiger partial charge in [0.2, 0.25) is 0 Å². The average Bonchev–Trinajstić information content (AvgIpc) is 2.52. The highest BCUT2D eigenvalue weighted by Crippen LogP contribution is 2.34. The first-order valence-corrected chi connectivity index (χ1v) is 9.62. The van der Waals surface area contributed by atoms with Gasteiger partial charge in [-0.05, 0) is 86.6 Å². The van der Waals surface area contributed by atoms with Crippen LogP contribution in [-0.4, -0.2) is 13.2 Å². The van der Waals surface area contributed by atoms with Gasteiger partial charge < -0.3 is 10.1 Å². The molecule has 0 aromatic heterocycles. The first-order chi connectivity index (χ1) is 11.1. The van der Waals surface area contributed by atoms with Crippen molar-refractivity contribution in [3.63, 3.8) is 0 Å². The highest BCUT2D eigenvalue weighted by molar-refractivity contribution is 9.11. The van der Waals surface area contributed by atoms with Crippen LogP contribution in [0.15, 0.2) is 45.3 Å². The molecule has 0 spiro atoms. The monoisotopic (exact) mass is 459 g/mol. The smallest absolute Gasteiger partial charge is 0.147 e. The summed E-state index contributed by atoms with van der Waals surface area (Å²) < 4.78 is 7.70. The van der Waals surface area contributed by atoms with Crippen LogP contribution in [0.5, 0.6) is 5.75 Å². The van der Waals surface area contributed by atoms with Crippen molar-refractivity contribution in [2.24, 2.45) is 0 Å². The van der Waals surface area contributed by atoms with E-state index >= 15 is 0 Å².